The fourth-order valence-electron chi connectivity index (χ4n) is 4.66. The highest BCUT2D eigenvalue weighted by atomic mass is 35.5. The topological polar surface area (TPSA) is 61.6 Å². The lowest BCUT2D eigenvalue weighted by Crippen LogP contribution is -2.63. The van der Waals surface area contributed by atoms with E-state index in [1.54, 1.807) is 0 Å². The second-order valence-electron chi connectivity index (χ2n) is 8.12. The minimum absolute atomic E-state index is 0. The van der Waals surface area contributed by atoms with Gasteiger partial charge in [0.15, 0.2) is 0 Å². The van der Waals surface area contributed by atoms with Crippen LogP contribution in [-0.2, 0) is 4.79 Å². The molecule has 0 aromatic carbocycles. The maximum absolute atomic E-state index is 12.6. The Morgan fingerprint density at radius 3 is 1.96 bits per heavy atom. The number of rotatable bonds is 4. The third kappa shape index (κ3) is 5.86. The predicted octanol–water partition coefficient (Wildman–Crippen LogP) is 2.59. The van der Waals surface area contributed by atoms with E-state index >= 15 is 0 Å². The summed E-state index contributed by atoms with van der Waals surface area (Å²) in [6.07, 6.45) is 10.1. The first-order valence-corrected chi connectivity index (χ1v) is 9.55. The van der Waals surface area contributed by atoms with E-state index < -0.39 is 5.54 Å². The number of halogens is 3. The fraction of sp³-hybridized carbons (Fsp3) is 0.944. The molecular weight excluding hydrogens is 395 g/mol. The minimum Gasteiger partial charge on any atom is -0.353 e. The molecular formula is C18H37Cl3N4O. The average Bonchev–Trinajstić information content (AvgIpc) is 3.03. The van der Waals surface area contributed by atoms with Gasteiger partial charge in [0.25, 0.3) is 0 Å². The summed E-state index contributed by atoms with van der Waals surface area (Å²) in [6, 6.07) is 0. The zero-order valence-electron chi connectivity index (χ0n) is 16.0. The van der Waals surface area contributed by atoms with Crippen LogP contribution in [0.3, 0.4) is 0 Å². The van der Waals surface area contributed by atoms with E-state index in [0.29, 0.717) is 0 Å². The van der Waals surface area contributed by atoms with Gasteiger partial charge < -0.3 is 16.0 Å². The van der Waals surface area contributed by atoms with Gasteiger partial charge >= 0.3 is 0 Å². The molecule has 2 heterocycles. The molecule has 3 fully saturated rings. The Bertz CT molecular complexity index is 419. The van der Waals surface area contributed by atoms with Gasteiger partial charge in [-0.05, 0) is 71.8 Å². The van der Waals surface area contributed by atoms with Crippen molar-refractivity contribution >= 4 is 43.1 Å². The molecule has 0 unspecified atom stereocenters. The first-order chi connectivity index (χ1) is 11.0. The molecule has 156 valence electrons. The second-order valence-corrected chi connectivity index (χ2v) is 8.12. The van der Waals surface area contributed by atoms with Gasteiger partial charge in [-0.1, -0.05) is 19.3 Å². The molecule has 26 heavy (non-hydrogen) atoms. The van der Waals surface area contributed by atoms with Gasteiger partial charge in [0, 0.05) is 12.1 Å². The Kier molecular flexibility index (Phi) is 11.4. The monoisotopic (exact) mass is 430 g/mol. The lowest BCUT2D eigenvalue weighted by molar-refractivity contribution is -0.127. The van der Waals surface area contributed by atoms with Gasteiger partial charge in [-0.15, -0.1) is 37.2 Å². The third-order valence-electron chi connectivity index (χ3n) is 6.47. The largest absolute Gasteiger partial charge is 0.353 e. The summed E-state index contributed by atoms with van der Waals surface area (Å²) in [4.78, 5) is 17.7. The lowest BCUT2D eigenvalue weighted by Gasteiger charge is -2.50. The number of amides is 1. The maximum Gasteiger partial charge on any atom is 0.240 e. The Labute approximate surface area is 177 Å². The van der Waals surface area contributed by atoms with Crippen LogP contribution in [-0.4, -0.2) is 66.6 Å². The fourth-order valence-corrected chi connectivity index (χ4v) is 4.66. The van der Waals surface area contributed by atoms with Crippen LogP contribution in [0.15, 0.2) is 0 Å². The number of hydrogen-bond donors (Lipinski definition) is 2. The molecule has 3 N–H and O–H groups in total. The van der Waals surface area contributed by atoms with E-state index in [9.17, 15) is 4.79 Å². The van der Waals surface area contributed by atoms with Crippen molar-refractivity contribution in [2.75, 3.05) is 39.8 Å². The third-order valence-corrected chi connectivity index (χ3v) is 6.47. The van der Waals surface area contributed by atoms with Crippen LogP contribution in [0.2, 0.25) is 0 Å². The first-order valence-electron chi connectivity index (χ1n) is 9.55. The molecule has 1 aliphatic carbocycles. The average molecular weight is 432 g/mol. The van der Waals surface area contributed by atoms with E-state index in [1.165, 1.54) is 32.4 Å². The van der Waals surface area contributed by atoms with Crippen molar-refractivity contribution in [3.05, 3.63) is 0 Å². The lowest BCUT2D eigenvalue weighted by atomic mass is 9.83. The molecule has 0 aromatic heterocycles. The van der Waals surface area contributed by atoms with Gasteiger partial charge in [0.05, 0.1) is 5.54 Å². The van der Waals surface area contributed by atoms with Crippen LogP contribution in [0, 0.1) is 0 Å². The molecule has 0 bridgehead atoms. The van der Waals surface area contributed by atoms with Crippen LogP contribution < -0.4 is 11.1 Å². The number of nitrogens with two attached hydrogens (primary N) is 1. The molecule has 8 heteroatoms. The van der Waals surface area contributed by atoms with Crippen molar-refractivity contribution in [1.29, 1.82) is 0 Å². The molecule has 0 aromatic rings. The summed E-state index contributed by atoms with van der Waals surface area (Å²) in [5, 5.41) is 3.26. The molecule has 2 aliphatic heterocycles. The summed E-state index contributed by atoms with van der Waals surface area (Å²) < 4.78 is 0. The maximum atomic E-state index is 12.6. The molecule has 1 saturated carbocycles. The van der Waals surface area contributed by atoms with Gasteiger partial charge in [0.1, 0.15) is 0 Å². The Hall–Kier alpha value is 0.220. The Morgan fingerprint density at radius 1 is 0.885 bits per heavy atom. The number of carbonyl (C=O) groups excluding carboxylic acids is 1. The van der Waals surface area contributed by atoms with Crippen molar-refractivity contribution < 1.29 is 4.79 Å². The molecule has 0 spiro atoms. The number of nitrogens with one attached hydrogen (secondary N) is 1. The Morgan fingerprint density at radius 2 is 1.42 bits per heavy atom. The van der Waals surface area contributed by atoms with Crippen LogP contribution in [0.1, 0.15) is 57.8 Å². The van der Waals surface area contributed by atoms with Crippen LogP contribution in [0.5, 0.6) is 0 Å². The smallest absolute Gasteiger partial charge is 0.240 e. The van der Waals surface area contributed by atoms with Crippen molar-refractivity contribution in [1.82, 2.24) is 15.1 Å². The standard InChI is InChI=1S/C18H34N4O.3ClH/c1-21-13-9-17(10-14-21,22-11-5-2-6-12-22)15-20-16(23)18(19)7-3-4-8-18;;;/h2-15,19H2,1H3,(H,20,23);3*1H. The molecule has 0 atom stereocenters. The van der Waals surface area contributed by atoms with Gasteiger partial charge in [-0.2, -0.15) is 0 Å². The molecule has 3 rings (SSSR count). The normalized spacial score (nSPS) is 25.3. The summed E-state index contributed by atoms with van der Waals surface area (Å²) in [7, 11) is 2.20. The first kappa shape index (κ1) is 26.2. The van der Waals surface area contributed by atoms with Crippen molar-refractivity contribution in [2.24, 2.45) is 5.73 Å². The van der Waals surface area contributed by atoms with Crippen molar-refractivity contribution in [2.45, 2.75) is 68.9 Å². The highest BCUT2D eigenvalue weighted by molar-refractivity contribution is 5.86. The zero-order chi connectivity index (χ0) is 16.3. The quantitative estimate of drug-likeness (QED) is 0.718. The summed E-state index contributed by atoms with van der Waals surface area (Å²) in [5.74, 6) is 0.0883. The number of piperidine rings is 2. The summed E-state index contributed by atoms with van der Waals surface area (Å²) in [5.41, 5.74) is 5.88. The van der Waals surface area contributed by atoms with Crippen LogP contribution in [0.4, 0.5) is 0 Å². The zero-order valence-corrected chi connectivity index (χ0v) is 18.5. The van der Waals surface area contributed by atoms with E-state index in [4.69, 9.17) is 5.73 Å². The molecule has 0 radical (unpaired) electrons. The molecule has 5 nitrogen and oxygen atoms in total. The highest BCUT2D eigenvalue weighted by Gasteiger charge is 2.42. The SMILES string of the molecule is CN1CCC(CNC(=O)C2(N)CCCC2)(N2CCCCC2)CC1.Cl.Cl.Cl. The van der Waals surface area contributed by atoms with Gasteiger partial charge in [0.2, 0.25) is 5.91 Å². The van der Waals surface area contributed by atoms with Crippen LogP contribution in [0.25, 0.3) is 0 Å². The van der Waals surface area contributed by atoms with E-state index in [2.05, 4.69) is 22.2 Å². The van der Waals surface area contributed by atoms with E-state index in [0.717, 1.165) is 58.2 Å². The second kappa shape index (κ2) is 11.3. The van der Waals surface area contributed by atoms with Crippen molar-refractivity contribution in [3.8, 4) is 0 Å². The van der Waals surface area contributed by atoms with E-state index in [-0.39, 0.29) is 48.7 Å². The molecule has 3 aliphatic rings. The highest BCUT2D eigenvalue weighted by Crippen LogP contribution is 2.32. The van der Waals surface area contributed by atoms with Gasteiger partial charge in [-0.25, -0.2) is 0 Å². The number of likely N-dealkylation sites (tertiary alicyclic amines) is 2. The predicted molar refractivity (Wildman–Crippen MR) is 115 cm³/mol. The van der Waals surface area contributed by atoms with Crippen molar-refractivity contribution in [3.63, 3.8) is 0 Å². The van der Waals surface area contributed by atoms with Gasteiger partial charge in [-0.3, -0.25) is 9.69 Å². The minimum atomic E-state index is -0.603. The molecule has 1 amide bonds. The Balaban J connectivity index is 0.00000208. The molecule has 2 saturated heterocycles. The summed E-state index contributed by atoms with van der Waals surface area (Å²) >= 11 is 0. The number of carbonyl (C=O) groups is 1. The van der Waals surface area contributed by atoms with E-state index in [1.807, 2.05) is 0 Å². The summed E-state index contributed by atoms with van der Waals surface area (Å²) in [6.45, 7) is 5.40. The number of hydrogen-bond acceptors (Lipinski definition) is 4. The number of nitrogens with zero attached hydrogens (tertiary/aromatic N) is 2. The van der Waals surface area contributed by atoms with Crippen LogP contribution >= 0.6 is 37.2 Å².